The zero-order valence-electron chi connectivity index (χ0n) is 11.3. The number of nitrogens with zero attached hydrogens (tertiary/aromatic N) is 3. The summed E-state index contributed by atoms with van der Waals surface area (Å²) in [5, 5.41) is 4.07. The van der Waals surface area contributed by atoms with Crippen molar-refractivity contribution in [3.05, 3.63) is 41.3 Å². The van der Waals surface area contributed by atoms with E-state index in [1.165, 1.54) is 6.07 Å². The third-order valence-corrected chi connectivity index (χ3v) is 3.52. The summed E-state index contributed by atoms with van der Waals surface area (Å²) in [5.41, 5.74) is 0.275. The lowest BCUT2D eigenvalue weighted by molar-refractivity contribution is -0.137. The van der Waals surface area contributed by atoms with Crippen LogP contribution in [0.5, 0.6) is 0 Å². The average Bonchev–Trinajstić information content (AvgIpc) is 2.79. The largest absolute Gasteiger partial charge is 0.417 e. The van der Waals surface area contributed by atoms with Gasteiger partial charge in [-0.1, -0.05) is 0 Å². The van der Waals surface area contributed by atoms with E-state index in [-0.39, 0.29) is 10.1 Å². The summed E-state index contributed by atoms with van der Waals surface area (Å²) >= 11 is 0.781. The van der Waals surface area contributed by atoms with E-state index in [1.807, 2.05) is 6.92 Å². The van der Waals surface area contributed by atoms with Crippen molar-refractivity contribution in [2.75, 3.05) is 0 Å². The molecule has 8 heteroatoms. The molecule has 0 N–H and O–H groups in total. The number of alkyl halides is 3. The highest BCUT2D eigenvalue weighted by Crippen LogP contribution is 2.30. The quantitative estimate of drug-likeness (QED) is 0.813. The van der Waals surface area contributed by atoms with E-state index >= 15 is 0 Å². The predicted molar refractivity (Wildman–Crippen MR) is 72.1 cm³/mol. The number of aryl methyl sites for hydroxylation is 2. The molecule has 0 unspecified atom stereocenters. The number of thioether (sulfide) groups is 1. The molecule has 0 atom stereocenters. The molecule has 2 aromatic heterocycles. The Balaban J connectivity index is 2.16. The summed E-state index contributed by atoms with van der Waals surface area (Å²) in [6.07, 6.45) is -3.71. The van der Waals surface area contributed by atoms with E-state index < -0.39 is 11.7 Å². The Labute approximate surface area is 123 Å². The minimum absolute atomic E-state index is 0.217. The maximum Gasteiger partial charge on any atom is 0.417 e. The van der Waals surface area contributed by atoms with Gasteiger partial charge in [0.25, 0.3) is 0 Å². The number of rotatable bonds is 3. The van der Waals surface area contributed by atoms with Gasteiger partial charge in [-0.3, -0.25) is 9.48 Å². The van der Waals surface area contributed by atoms with Gasteiger partial charge in [-0.25, -0.2) is 4.98 Å². The van der Waals surface area contributed by atoms with E-state index in [2.05, 4.69) is 10.1 Å². The third-order valence-electron chi connectivity index (χ3n) is 2.67. The second-order valence-electron chi connectivity index (χ2n) is 4.26. The fraction of sp³-hybridized carbons (Fsp3) is 0.308. The molecule has 0 saturated heterocycles. The van der Waals surface area contributed by atoms with Crippen LogP contribution >= 0.6 is 11.8 Å². The minimum atomic E-state index is -4.43. The van der Waals surface area contributed by atoms with Gasteiger partial charge >= 0.3 is 6.18 Å². The summed E-state index contributed by atoms with van der Waals surface area (Å²) in [4.78, 5) is 15.8. The average molecular weight is 315 g/mol. The highest BCUT2D eigenvalue weighted by molar-refractivity contribution is 8.14. The SMILES string of the molecule is CCn1nc(C)cc1C(=O)Sc1ccc(C(F)(F)F)cn1. The number of halogens is 3. The summed E-state index contributed by atoms with van der Waals surface area (Å²) in [7, 11) is 0. The van der Waals surface area contributed by atoms with Crippen molar-refractivity contribution < 1.29 is 18.0 Å². The fourth-order valence-electron chi connectivity index (χ4n) is 1.71. The maximum absolute atomic E-state index is 12.4. The normalized spacial score (nSPS) is 11.7. The zero-order chi connectivity index (χ0) is 15.6. The van der Waals surface area contributed by atoms with E-state index in [4.69, 9.17) is 0 Å². The molecule has 4 nitrogen and oxygen atoms in total. The van der Waals surface area contributed by atoms with Gasteiger partial charge in [0, 0.05) is 12.7 Å². The number of pyridine rings is 1. The summed E-state index contributed by atoms with van der Waals surface area (Å²) in [6.45, 7) is 4.16. The van der Waals surface area contributed by atoms with Crippen LogP contribution in [0.25, 0.3) is 0 Å². The highest BCUT2D eigenvalue weighted by atomic mass is 32.2. The van der Waals surface area contributed by atoms with Crippen LogP contribution in [0.1, 0.15) is 28.7 Å². The molecule has 0 aliphatic rings. The number of hydrogen-bond donors (Lipinski definition) is 0. The molecule has 0 bridgehead atoms. The topological polar surface area (TPSA) is 47.8 Å². The van der Waals surface area contributed by atoms with Crippen LogP contribution in [0, 0.1) is 6.92 Å². The second-order valence-corrected chi connectivity index (χ2v) is 5.25. The monoisotopic (exact) mass is 315 g/mol. The van der Waals surface area contributed by atoms with Gasteiger partial charge in [0.15, 0.2) is 0 Å². The fourth-order valence-corrected chi connectivity index (χ4v) is 2.41. The molecule has 0 radical (unpaired) electrons. The molecular formula is C13H12F3N3OS. The molecular weight excluding hydrogens is 303 g/mol. The Hall–Kier alpha value is -1.83. The first-order valence-corrected chi connectivity index (χ1v) is 6.92. The van der Waals surface area contributed by atoms with Gasteiger partial charge in [0.1, 0.15) is 10.7 Å². The second kappa shape index (κ2) is 5.88. The molecule has 0 amide bonds. The van der Waals surface area contributed by atoms with E-state index in [0.29, 0.717) is 17.9 Å². The minimum Gasteiger partial charge on any atom is -0.279 e. The Kier molecular flexibility index (Phi) is 4.36. The van der Waals surface area contributed by atoms with E-state index in [9.17, 15) is 18.0 Å². The van der Waals surface area contributed by atoms with Crippen LogP contribution in [-0.4, -0.2) is 19.9 Å². The molecule has 0 aliphatic carbocycles. The lowest BCUT2D eigenvalue weighted by Gasteiger charge is -2.06. The Bertz CT molecular complexity index is 650. The number of carbonyl (C=O) groups excluding carboxylic acids is 1. The van der Waals surface area contributed by atoms with Crippen LogP contribution in [-0.2, 0) is 12.7 Å². The van der Waals surface area contributed by atoms with Crippen LogP contribution in [0.4, 0.5) is 13.2 Å². The molecule has 0 spiro atoms. The molecule has 0 aliphatic heterocycles. The number of carbonyl (C=O) groups is 1. The molecule has 2 heterocycles. The molecule has 112 valence electrons. The first-order valence-electron chi connectivity index (χ1n) is 6.11. The van der Waals surface area contributed by atoms with Crippen LogP contribution in [0.2, 0.25) is 0 Å². The molecule has 2 rings (SSSR count). The lowest BCUT2D eigenvalue weighted by atomic mass is 10.3. The van der Waals surface area contributed by atoms with Gasteiger partial charge in [0.05, 0.1) is 11.3 Å². The van der Waals surface area contributed by atoms with Gasteiger partial charge in [-0.15, -0.1) is 0 Å². The smallest absolute Gasteiger partial charge is 0.279 e. The first-order chi connectivity index (χ1) is 9.81. The van der Waals surface area contributed by atoms with Crippen LogP contribution in [0.15, 0.2) is 29.4 Å². The van der Waals surface area contributed by atoms with Gasteiger partial charge in [-0.2, -0.15) is 18.3 Å². The van der Waals surface area contributed by atoms with E-state index in [0.717, 1.165) is 24.0 Å². The molecule has 2 aromatic rings. The van der Waals surface area contributed by atoms with Gasteiger partial charge in [-0.05, 0) is 43.8 Å². The Morgan fingerprint density at radius 1 is 1.38 bits per heavy atom. The first kappa shape index (κ1) is 15.6. The highest BCUT2D eigenvalue weighted by Gasteiger charge is 2.30. The van der Waals surface area contributed by atoms with Gasteiger partial charge < -0.3 is 0 Å². The van der Waals surface area contributed by atoms with Crippen molar-refractivity contribution in [2.45, 2.75) is 31.6 Å². The van der Waals surface area contributed by atoms with Crippen LogP contribution < -0.4 is 0 Å². The maximum atomic E-state index is 12.4. The third kappa shape index (κ3) is 3.63. The van der Waals surface area contributed by atoms with Crippen molar-refractivity contribution in [1.29, 1.82) is 0 Å². The number of hydrogen-bond acceptors (Lipinski definition) is 4. The zero-order valence-corrected chi connectivity index (χ0v) is 12.1. The molecule has 21 heavy (non-hydrogen) atoms. The summed E-state index contributed by atoms with van der Waals surface area (Å²) in [6, 6.07) is 3.73. The van der Waals surface area contributed by atoms with Crippen molar-refractivity contribution in [2.24, 2.45) is 0 Å². The van der Waals surface area contributed by atoms with Crippen molar-refractivity contribution >= 4 is 16.9 Å². The lowest BCUT2D eigenvalue weighted by Crippen LogP contribution is -2.07. The van der Waals surface area contributed by atoms with E-state index in [1.54, 1.807) is 17.7 Å². The Morgan fingerprint density at radius 2 is 2.10 bits per heavy atom. The van der Waals surface area contributed by atoms with Gasteiger partial charge in [0.2, 0.25) is 5.12 Å². The van der Waals surface area contributed by atoms with Crippen LogP contribution in [0.3, 0.4) is 0 Å². The molecule has 0 saturated carbocycles. The van der Waals surface area contributed by atoms with Crippen molar-refractivity contribution in [3.63, 3.8) is 0 Å². The van der Waals surface area contributed by atoms with Crippen molar-refractivity contribution in [3.8, 4) is 0 Å². The number of aromatic nitrogens is 3. The summed E-state index contributed by atoms with van der Waals surface area (Å²) in [5.74, 6) is 0. The van der Waals surface area contributed by atoms with Crippen molar-refractivity contribution in [1.82, 2.24) is 14.8 Å². The predicted octanol–water partition coefficient (Wildman–Crippen LogP) is 3.56. The standard InChI is InChI=1S/C13H12F3N3OS/c1-3-19-10(6-8(2)18-19)12(20)21-11-5-4-9(7-17-11)13(14,15)16/h4-7H,3H2,1-2H3. The molecule has 0 aromatic carbocycles. The molecule has 0 fully saturated rings. The Morgan fingerprint density at radius 3 is 2.62 bits per heavy atom. The summed E-state index contributed by atoms with van der Waals surface area (Å²) < 4.78 is 38.8.